The standard InChI is InChI=1S/C19H17F2N3O3S/c1-3-15-17(23-18(22-15)13-9-8-12(20)10-14(13)21)19(25)24-28(26,27)16-7-5-4-6-11(16)2/h4-10H,3H2,1-2H3,(H,22,23)(H,24,25). The molecule has 0 fully saturated rings. The van der Waals surface area contributed by atoms with Crippen LogP contribution in [0.4, 0.5) is 8.78 Å². The van der Waals surface area contributed by atoms with E-state index in [0.29, 0.717) is 23.7 Å². The number of nitrogens with one attached hydrogen (secondary N) is 2. The summed E-state index contributed by atoms with van der Waals surface area (Å²) in [6.07, 6.45) is 0.322. The number of rotatable bonds is 5. The van der Waals surface area contributed by atoms with Crippen molar-refractivity contribution in [3.05, 3.63) is 71.1 Å². The number of sulfonamides is 1. The number of benzene rings is 2. The number of carbonyl (C=O) groups is 1. The van der Waals surface area contributed by atoms with Crippen molar-refractivity contribution >= 4 is 15.9 Å². The highest BCUT2D eigenvalue weighted by Gasteiger charge is 2.25. The van der Waals surface area contributed by atoms with Crippen LogP contribution in [-0.4, -0.2) is 24.3 Å². The molecule has 0 aliphatic rings. The van der Waals surface area contributed by atoms with Crippen molar-refractivity contribution in [2.24, 2.45) is 0 Å². The minimum Gasteiger partial charge on any atom is -0.341 e. The molecule has 28 heavy (non-hydrogen) atoms. The third-order valence-corrected chi connectivity index (χ3v) is 5.64. The number of aryl methyl sites for hydroxylation is 2. The van der Waals surface area contributed by atoms with Gasteiger partial charge in [0.05, 0.1) is 10.5 Å². The maximum Gasteiger partial charge on any atom is 0.285 e. The van der Waals surface area contributed by atoms with Crippen molar-refractivity contribution in [3.8, 4) is 11.4 Å². The van der Waals surface area contributed by atoms with Gasteiger partial charge in [0.2, 0.25) is 0 Å². The van der Waals surface area contributed by atoms with Crippen LogP contribution in [0, 0.1) is 18.6 Å². The number of amides is 1. The van der Waals surface area contributed by atoms with Crippen molar-refractivity contribution in [1.82, 2.24) is 14.7 Å². The van der Waals surface area contributed by atoms with Gasteiger partial charge in [0, 0.05) is 11.8 Å². The average molecular weight is 405 g/mol. The average Bonchev–Trinajstić information content (AvgIpc) is 3.06. The van der Waals surface area contributed by atoms with Gasteiger partial charge in [0.15, 0.2) is 5.69 Å². The quantitative estimate of drug-likeness (QED) is 0.681. The van der Waals surface area contributed by atoms with Gasteiger partial charge in [-0.05, 0) is 37.1 Å². The van der Waals surface area contributed by atoms with Gasteiger partial charge in [-0.1, -0.05) is 25.1 Å². The highest BCUT2D eigenvalue weighted by molar-refractivity contribution is 7.90. The molecule has 0 bridgehead atoms. The number of hydrogen-bond acceptors (Lipinski definition) is 4. The Labute approximate surface area is 160 Å². The van der Waals surface area contributed by atoms with Crippen LogP contribution in [-0.2, 0) is 16.4 Å². The van der Waals surface area contributed by atoms with Crippen LogP contribution >= 0.6 is 0 Å². The fourth-order valence-corrected chi connectivity index (χ4v) is 3.95. The highest BCUT2D eigenvalue weighted by atomic mass is 32.2. The molecule has 146 valence electrons. The molecule has 0 unspecified atom stereocenters. The zero-order valence-corrected chi connectivity index (χ0v) is 15.9. The molecule has 3 aromatic rings. The Morgan fingerprint density at radius 3 is 2.54 bits per heavy atom. The van der Waals surface area contributed by atoms with E-state index in [1.807, 2.05) is 4.72 Å². The molecule has 1 aromatic heterocycles. The van der Waals surface area contributed by atoms with Gasteiger partial charge in [-0.25, -0.2) is 26.9 Å². The Morgan fingerprint density at radius 2 is 1.89 bits per heavy atom. The molecule has 0 aliphatic heterocycles. The van der Waals surface area contributed by atoms with Crippen molar-refractivity contribution in [2.45, 2.75) is 25.2 Å². The maximum atomic E-state index is 14.0. The molecule has 9 heteroatoms. The molecule has 3 rings (SSSR count). The fraction of sp³-hybridized carbons (Fsp3) is 0.158. The smallest absolute Gasteiger partial charge is 0.285 e. The summed E-state index contributed by atoms with van der Waals surface area (Å²) in [4.78, 5) is 19.4. The summed E-state index contributed by atoms with van der Waals surface area (Å²) < 4.78 is 54.2. The summed E-state index contributed by atoms with van der Waals surface area (Å²) in [6, 6.07) is 9.18. The van der Waals surface area contributed by atoms with Crippen LogP contribution < -0.4 is 4.72 Å². The van der Waals surface area contributed by atoms with Crippen LogP contribution in [0.25, 0.3) is 11.4 Å². The Balaban J connectivity index is 1.96. The molecule has 0 saturated carbocycles. The monoisotopic (exact) mass is 405 g/mol. The number of carbonyl (C=O) groups excluding carboxylic acids is 1. The first kappa shape index (κ1) is 19.7. The van der Waals surface area contributed by atoms with Crippen molar-refractivity contribution in [3.63, 3.8) is 0 Å². The fourth-order valence-electron chi connectivity index (χ4n) is 2.75. The maximum absolute atomic E-state index is 14.0. The van der Waals surface area contributed by atoms with E-state index in [-0.39, 0.29) is 22.0 Å². The topological polar surface area (TPSA) is 91.9 Å². The van der Waals surface area contributed by atoms with E-state index in [9.17, 15) is 22.0 Å². The summed E-state index contributed by atoms with van der Waals surface area (Å²) >= 11 is 0. The Bertz CT molecular complexity index is 1160. The zero-order chi connectivity index (χ0) is 20.5. The van der Waals surface area contributed by atoms with E-state index in [1.165, 1.54) is 12.1 Å². The molecule has 0 saturated heterocycles. The third kappa shape index (κ3) is 3.79. The second-order valence-corrected chi connectivity index (χ2v) is 7.74. The van der Waals surface area contributed by atoms with Gasteiger partial charge in [-0.2, -0.15) is 0 Å². The summed E-state index contributed by atoms with van der Waals surface area (Å²) in [6.45, 7) is 3.34. The van der Waals surface area contributed by atoms with Gasteiger partial charge in [-0.3, -0.25) is 4.79 Å². The van der Waals surface area contributed by atoms with Gasteiger partial charge < -0.3 is 4.98 Å². The predicted octanol–water partition coefficient (Wildman–Crippen LogP) is 3.34. The minimum absolute atomic E-state index is 0.00721. The highest BCUT2D eigenvalue weighted by Crippen LogP contribution is 2.23. The van der Waals surface area contributed by atoms with Crippen molar-refractivity contribution in [1.29, 1.82) is 0 Å². The first-order valence-corrected chi connectivity index (χ1v) is 9.88. The van der Waals surface area contributed by atoms with E-state index in [0.717, 1.165) is 6.07 Å². The summed E-state index contributed by atoms with van der Waals surface area (Å²) in [5.41, 5.74) is 0.612. The number of imidazole rings is 1. The Kier molecular flexibility index (Phi) is 5.28. The van der Waals surface area contributed by atoms with Gasteiger partial charge in [-0.15, -0.1) is 0 Å². The van der Waals surface area contributed by atoms with E-state index in [1.54, 1.807) is 32.0 Å². The number of H-pyrrole nitrogens is 1. The van der Waals surface area contributed by atoms with E-state index in [4.69, 9.17) is 0 Å². The SMILES string of the molecule is CCc1[nH]c(-c2ccc(F)cc2F)nc1C(=O)NS(=O)(=O)c1ccccc1C. The minimum atomic E-state index is -4.11. The molecular weight excluding hydrogens is 388 g/mol. The van der Waals surface area contributed by atoms with Gasteiger partial charge in [0.25, 0.3) is 15.9 Å². The number of nitrogens with zero attached hydrogens (tertiary/aromatic N) is 1. The lowest BCUT2D eigenvalue weighted by atomic mass is 10.2. The van der Waals surface area contributed by atoms with Gasteiger partial charge >= 0.3 is 0 Å². The van der Waals surface area contributed by atoms with E-state index >= 15 is 0 Å². The van der Waals surface area contributed by atoms with Crippen LogP contribution in [0.3, 0.4) is 0 Å². The Morgan fingerprint density at radius 1 is 1.18 bits per heavy atom. The lowest BCUT2D eigenvalue weighted by Gasteiger charge is -2.08. The molecule has 0 aliphatic carbocycles. The van der Waals surface area contributed by atoms with Crippen LogP contribution in [0.5, 0.6) is 0 Å². The zero-order valence-electron chi connectivity index (χ0n) is 15.1. The molecule has 0 atom stereocenters. The van der Waals surface area contributed by atoms with Crippen molar-refractivity contribution in [2.75, 3.05) is 0 Å². The van der Waals surface area contributed by atoms with Crippen LogP contribution in [0.2, 0.25) is 0 Å². The molecular formula is C19H17F2N3O3S. The normalized spacial score (nSPS) is 11.4. The summed E-state index contributed by atoms with van der Waals surface area (Å²) in [5.74, 6) is -2.53. The van der Waals surface area contributed by atoms with Crippen LogP contribution in [0.1, 0.15) is 28.7 Å². The molecule has 6 nitrogen and oxygen atoms in total. The number of halogens is 2. The predicted molar refractivity (Wildman–Crippen MR) is 99.1 cm³/mol. The number of hydrogen-bond donors (Lipinski definition) is 2. The molecule has 2 aromatic carbocycles. The van der Waals surface area contributed by atoms with E-state index < -0.39 is 27.6 Å². The third-order valence-electron chi connectivity index (χ3n) is 4.14. The lowest BCUT2D eigenvalue weighted by molar-refractivity contribution is 0.0976. The summed E-state index contributed by atoms with van der Waals surface area (Å²) in [7, 11) is -4.11. The van der Waals surface area contributed by atoms with Crippen molar-refractivity contribution < 1.29 is 22.0 Å². The largest absolute Gasteiger partial charge is 0.341 e. The van der Waals surface area contributed by atoms with Gasteiger partial charge in [0.1, 0.15) is 17.5 Å². The molecule has 0 spiro atoms. The van der Waals surface area contributed by atoms with E-state index in [2.05, 4.69) is 9.97 Å². The number of aromatic nitrogens is 2. The second kappa shape index (κ2) is 7.51. The Hall–Kier alpha value is -3.07. The molecule has 0 radical (unpaired) electrons. The lowest BCUT2D eigenvalue weighted by Crippen LogP contribution is -2.32. The molecule has 2 N–H and O–H groups in total. The second-order valence-electron chi connectivity index (χ2n) is 6.09. The summed E-state index contributed by atoms with van der Waals surface area (Å²) in [5, 5.41) is 0. The van der Waals surface area contributed by atoms with Crippen LogP contribution in [0.15, 0.2) is 47.4 Å². The first-order valence-electron chi connectivity index (χ1n) is 8.40. The molecule has 1 amide bonds. The first-order chi connectivity index (χ1) is 13.2. The number of aromatic amines is 1. The molecule has 1 heterocycles.